The van der Waals surface area contributed by atoms with Gasteiger partial charge < -0.3 is 25.4 Å². The molecule has 1 heterocycles. The number of cyclic esters (lactones) is 1. The van der Waals surface area contributed by atoms with Gasteiger partial charge in [0.25, 0.3) is 0 Å². The summed E-state index contributed by atoms with van der Waals surface area (Å²) in [6.07, 6.45) is -0.789. The van der Waals surface area contributed by atoms with Crippen LogP contribution >= 0.6 is 0 Å². The predicted molar refractivity (Wildman–Crippen MR) is 53.5 cm³/mol. The Morgan fingerprint density at radius 3 is 2.44 bits per heavy atom. The first kappa shape index (κ1) is 14.2. The monoisotopic (exact) mass is 233 g/mol. The number of ether oxygens (including phenoxy) is 2. The lowest BCUT2D eigenvalue weighted by molar-refractivity contribution is -0.145. The van der Waals surface area contributed by atoms with Crippen molar-refractivity contribution < 1.29 is 29.3 Å². The maximum absolute atomic E-state index is 10.7. The van der Waals surface area contributed by atoms with Crippen molar-refractivity contribution in [3.63, 3.8) is 0 Å². The van der Waals surface area contributed by atoms with Crippen molar-refractivity contribution in [3.05, 3.63) is 11.5 Å². The summed E-state index contributed by atoms with van der Waals surface area (Å²) in [6, 6.07) is 0. The van der Waals surface area contributed by atoms with E-state index in [2.05, 4.69) is 15.2 Å². The molecule has 92 valence electrons. The zero-order valence-corrected chi connectivity index (χ0v) is 9.10. The highest BCUT2D eigenvalue weighted by molar-refractivity contribution is 5.88. The summed E-state index contributed by atoms with van der Waals surface area (Å²) in [5.41, 5.74) is 4.50. The average molecular weight is 233 g/mol. The molecule has 7 heteroatoms. The average Bonchev–Trinajstić information content (AvgIpc) is 2.49. The minimum absolute atomic E-state index is 0.0185. The second kappa shape index (κ2) is 6.67. The van der Waals surface area contributed by atoms with E-state index in [4.69, 9.17) is 10.2 Å². The molecule has 1 aliphatic heterocycles. The molecule has 1 unspecified atom stereocenters. The smallest absolute Gasteiger partial charge is 0.377 e. The molecule has 1 aliphatic rings. The number of rotatable bonds is 3. The van der Waals surface area contributed by atoms with Gasteiger partial charge in [-0.05, 0) is 7.05 Å². The van der Waals surface area contributed by atoms with Crippen LogP contribution in [0.2, 0.25) is 0 Å². The number of carbonyl (C=O) groups excluding carboxylic acids is 2. The summed E-state index contributed by atoms with van der Waals surface area (Å²) >= 11 is 0. The van der Waals surface area contributed by atoms with Gasteiger partial charge in [0.05, 0.1) is 6.61 Å². The van der Waals surface area contributed by atoms with Gasteiger partial charge in [0.1, 0.15) is 0 Å². The molecule has 0 aromatic rings. The zero-order chi connectivity index (χ0) is 12.7. The van der Waals surface area contributed by atoms with Crippen molar-refractivity contribution in [1.82, 2.24) is 0 Å². The number of hydrogen-bond acceptors (Lipinski definition) is 7. The van der Waals surface area contributed by atoms with Gasteiger partial charge in [0.2, 0.25) is 5.76 Å². The molecule has 0 radical (unpaired) electrons. The standard InChI is InChI=1S/C8H10O6.CH5N/c1-4(9)13-3-2-5-6(10)7(11)8(12)14-5;1-2/h5,10-11H,2-3H2,1H3;2H2,1H3. The molecule has 7 nitrogen and oxygen atoms in total. The summed E-state index contributed by atoms with van der Waals surface area (Å²) in [5.74, 6) is -2.71. The lowest BCUT2D eigenvalue weighted by Gasteiger charge is -2.08. The van der Waals surface area contributed by atoms with Crippen LogP contribution in [0.15, 0.2) is 11.5 Å². The largest absolute Gasteiger partial charge is 0.505 e. The van der Waals surface area contributed by atoms with Crippen molar-refractivity contribution in [2.24, 2.45) is 5.73 Å². The van der Waals surface area contributed by atoms with E-state index >= 15 is 0 Å². The van der Waals surface area contributed by atoms with Crippen LogP contribution in [0.25, 0.3) is 0 Å². The highest BCUT2D eigenvalue weighted by Gasteiger charge is 2.34. The van der Waals surface area contributed by atoms with Crippen molar-refractivity contribution in [1.29, 1.82) is 0 Å². The second-order valence-electron chi connectivity index (χ2n) is 2.76. The molecule has 16 heavy (non-hydrogen) atoms. The van der Waals surface area contributed by atoms with Crippen molar-refractivity contribution in [2.75, 3.05) is 13.7 Å². The lowest BCUT2D eigenvalue weighted by Crippen LogP contribution is -2.15. The van der Waals surface area contributed by atoms with Crippen LogP contribution in [-0.2, 0) is 19.1 Å². The zero-order valence-electron chi connectivity index (χ0n) is 9.10. The van der Waals surface area contributed by atoms with Gasteiger partial charge in [0.15, 0.2) is 11.9 Å². The van der Waals surface area contributed by atoms with E-state index in [1.54, 1.807) is 0 Å². The van der Waals surface area contributed by atoms with Crippen molar-refractivity contribution >= 4 is 11.9 Å². The first-order chi connectivity index (χ1) is 7.52. The van der Waals surface area contributed by atoms with Crippen LogP contribution < -0.4 is 5.73 Å². The first-order valence-electron chi connectivity index (χ1n) is 4.56. The van der Waals surface area contributed by atoms with Crippen LogP contribution in [0.4, 0.5) is 0 Å². The fraction of sp³-hybridized carbons (Fsp3) is 0.556. The van der Waals surface area contributed by atoms with Crippen molar-refractivity contribution in [2.45, 2.75) is 19.4 Å². The third-order valence-electron chi connectivity index (χ3n) is 1.68. The number of esters is 2. The molecular weight excluding hydrogens is 218 g/mol. The van der Waals surface area contributed by atoms with Gasteiger partial charge in [0, 0.05) is 13.3 Å². The fourth-order valence-corrected chi connectivity index (χ4v) is 1.00. The Morgan fingerprint density at radius 2 is 2.06 bits per heavy atom. The molecule has 0 spiro atoms. The fourth-order valence-electron chi connectivity index (χ4n) is 1.00. The Labute approximate surface area is 92.4 Å². The van der Waals surface area contributed by atoms with E-state index in [1.165, 1.54) is 14.0 Å². The molecule has 0 aliphatic carbocycles. The summed E-state index contributed by atoms with van der Waals surface area (Å²) in [6.45, 7) is 1.26. The molecule has 0 saturated carbocycles. The Balaban J connectivity index is 0.00000106. The van der Waals surface area contributed by atoms with Crippen molar-refractivity contribution in [3.8, 4) is 0 Å². The minimum atomic E-state index is -0.963. The summed E-state index contributed by atoms with van der Waals surface area (Å²) in [5, 5.41) is 18.0. The Bertz CT molecular complexity index is 298. The maximum Gasteiger partial charge on any atom is 0.377 e. The van der Waals surface area contributed by atoms with E-state index in [1.807, 2.05) is 0 Å². The van der Waals surface area contributed by atoms with E-state index < -0.39 is 29.6 Å². The van der Waals surface area contributed by atoms with E-state index in [9.17, 15) is 9.59 Å². The highest BCUT2D eigenvalue weighted by Crippen LogP contribution is 2.20. The van der Waals surface area contributed by atoms with Crippen LogP contribution in [0.5, 0.6) is 0 Å². The normalized spacial score (nSPS) is 18.7. The number of hydrogen-bond donors (Lipinski definition) is 3. The van der Waals surface area contributed by atoms with E-state index in [-0.39, 0.29) is 13.0 Å². The van der Waals surface area contributed by atoms with Crippen LogP contribution in [0, 0.1) is 0 Å². The quantitative estimate of drug-likeness (QED) is 0.576. The molecule has 4 N–H and O–H groups in total. The summed E-state index contributed by atoms with van der Waals surface area (Å²) in [7, 11) is 1.50. The summed E-state index contributed by atoms with van der Waals surface area (Å²) in [4.78, 5) is 21.1. The highest BCUT2D eigenvalue weighted by atomic mass is 16.6. The molecular formula is C9H15NO6. The minimum Gasteiger partial charge on any atom is -0.505 e. The molecule has 0 fully saturated rings. The number of aliphatic hydroxyl groups excluding tert-OH is 2. The Hall–Kier alpha value is -1.76. The maximum atomic E-state index is 10.7. The van der Waals surface area contributed by atoms with Crippen LogP contribution in [0.3, 0.4) is 0 Å². The molecule has 1 rings (SSSR count). The van der Waals surface area contributed by atoms with E-state index in [0.717, 1.165) is 0 Å². The third-order valence-corrected chi connectivity index (χ3v) is 1.68. The Kier molecular flexibility index (Phi) is 5.94. The topological polar surface area (TPSA) is 119 Å². The summed E-state index contributed by atoms with van der Waals surface area (Å²) < 4.78 is 9.14. The molecule has 1 atom stereocenters. The van der Waals surface area contributed by atoms with Gasteiger partial charge in [-0.3, -0.25) is 4.79 Å². The predicted octanol–water partition coefficient (Wildman–Crippen LogP) is -0.232. The van der Waals surface area contributed by atoms with Gasteiger partial charge in [-0.15, -0.1) is 0 Å². The van der Waals surface area contributed by atoms with Gasteiger partial charge in [-0.25, -0.2) is 4.79 Å². The van der Waals surface area contributed by atoms with Gasteiger partial charge in [-0.2, -0.15) is 0 Å². The Morgan fingerprint density at radius 1 is 1.50 bits per heavy atom. The number of aliphatic hydroxyl groups is 2. The first-order valence-corrected chi connectivity index (χ1v) is 4.56. The molecule has 0 saturated heterocycles. The molecule has 0 amide bonds. The van der Waals surface area contributed by atoms with Crippen LogP contribution in [-0.4, -0.2) is 41.9 Å². The number of nitrogens with two attached hydrogens (primary N) is 1. The van der Waals surface area contributed by atoms with Crippen LogP contribution in [0.1, 0.15) is 13.3 Å². The van der Waals surface area contributed by atoms with E-state index in [0.29, 0.717) is 0 Å². The third kappa shape index (κ3) is 3.77. The lowest BCUT2D eigenvalue weighted by atomic mass is 10.2. The molecule has 0 aromatic heterocycles. The molecule has 0 aromatic carbocycles. The molecule has 0 bridgehead atoms. The number of carbonyl (C=O) groups is 2. The SMILES string of the molecule is CC(=O)OCCC1OC(=O)C(O)=C1O.CN. The van der Waals surface area contributed by atoms with Gasteiger partial charge >= 0.3 is 11.9 Å². The second-order valence-corrected chi connectivity index (χ2v) is 2.76. The van der Waals surface area contributed by atoms with Gasteiger partial charge in [-0.1, -0.05) is 0 Å².